The molecule has 0 radical (unpaired) electrons. The van der Waals surface area contributed by atoms with Crippen molar-refractivity contribution < 1.29 is 10.2 Å². The van der Waals surface area contributed by atoms with Gasteiger partial charge in [-0.25, -0.2) is 0 Å². The fraction of sp³-hybridized carbons (Fsp3) is 0.739. The van der Waals surface area contributed by atoms with Crippen LogP contribution >= 0.6 is 11.8 Å². The van der Waals surface area contributed by atoms with Gasteiger partial charge in [0.1, 0.15) is 0 Å². The lowest BCUT2D eigenvalue weighted by Gasteiger charge is -2.53. The fourth-order valence-corrected chi connectivity index (χ4v) is 5.66. The highest BCUT2D eigenvalue weighted by Gasteiger charge is 2.53. The Labute approximate surface area is 175 Å². The van der Waals surface area contributed by atoms with Crippen LogP contribution in [0.15, 0.2) is 29.2 Å². The zero-order chi connectivity index (χ0) is 20.2. The van der Waals surface area contributed by atoms with Gasteiger partial charge < -0.3 is 20.0 Å². The molecule has 158 valence electrons. The van der Waals surface area contributed by atoms with Gasteiger partial charge in [-0.05, 0) is 69.1 Å². The van der Waals surface area contributed by atoms with Crippen LogP contribution in [0.1, 0.15) is 51.5 Å². The Kier molecular flexibility index (Phi) is 7.48. The summed E-state index contributed by atoms with van der Waals surface area (Å²) in [5, 5.41) is 23.8. The van der Waals surface area contributed by atoms with Crippen molar-refractivity contribution in [3.8, 4) is 0 Å². The predicted molar refractivity (Wildman–Crippen MR) is 118 cm³/mol. The normalized spacial score (nSPS) is 29.1. The quantitative estimate of drug-likeness (QED) is 0.678. The number of rotatable bonds is 7. The van der Waals surface area contributed by atoms with Crippen molar-refractivity contribution in [1.29, 1.82) is 0 Å². The van der Waals surface area contributed by atoms with Crippen molar-refractivity contribution in [1.82, 2.24) is 9.80 Å². The van der Waals surface area contributed by atoms with Crippen LogP contribution in [0, 0.1) is 5.92 Å². The van der Waals surface area contributed by atoms with Gasteiger partial charge in [-0.2, -0.15) is 0 Å². The zero-order valence-corrected chi connectivity index (χ0v) is 18.7. The molecular formula is C23H38N2O2S. The standard InChI is InChI=1S/C23H38N2O2S/c1-4-12-24-14-9-22(26,10-15-24)21-18-25(13-5-2)16-11-23(21,27)19-7-6-8-20(17-19)28-3/h6-8,17,21,26-27H,4-5,9-16,18H2,1-3H3. The molecule has 2 aliphatic heterocycles. The van der Waals surface area contributed by atoms with Crippen LogP contribution in [0.5, 0.6) is 0 Å². The summed E-state index contributed by atoms with van der Waals surface area (Å²) < 4.78 is 0. The molecule has 0 spiro atoms. The minimum absolute atomic E-state index is 0.152. The highest BCUT2D eigenvalue weighted by Crippen LogP contribution is 2.47. The van der Waals surface area contributed by atoms with E-state index in [9.17, 15) is 10.2 Å². The lowest BCUT2D eigenvalue weighted by atomic mass is 9.65. The SMILES string of the molecule is CCCN1CCC(O)(C2CN(CCC)CCC2(O)c2cccc(SC)c2)CC1. The Balaban J connectivity index is 1.89. The molecular weight excluding hydrogens is 368 g/mol. The largest absolute Gasteiger partial charge is 0.389 e. The first-order valence-electron chi connectivity index (χ1n) is 11.0. The number of hydrogen-bond donors (Lipinski definition) is 2. The molecule has 1 aromatic carbocycles. The van der Waals surface area contributed by atoms with Crippen molar-refractivity contribution in [2.45, 2.75) is 62.0 Å². The van der Waals surface area contributed by atoms with Crippen molar-refractivity contribution in [2.75, 3.05) is 45.5 Å². The van der Waals surface area contributed by atoms with Crippen LogP contribution < -0.4 is 0 Å². The molecule has 2 aliphatic rings. The molecule has 2 fully saturated rings. The second-order valence-electron chi connectivity index (χ2n) is 8.70. The van der Waals surface area contributed by atoms with Gasteiger partial charge in [-0.3, -0.25) is 0 Å². The molecule has 0 amide bonds. The third-order valence-corrected chi connectivity index (χ3v) is 7.57. The third-order valence-electron chi connectivity index (χ3n) is 6.85. The smallest absolute Gasteiger partial charge is 0.0976 e. The molecule has 5 heteroatoms. The molecule has 1 aromatic rings. The summed E-state index contributed by atoms with van der Waals surface area (Å²) in [4.78, 5) is 6.06. The van der Waals surface area contributed by atoms with Crippen molar-refractivity contribution in [3.63, 3.8) is 0 Å². The van der Waals surface area contributed by atoms with Gasteiger partial charge in [-0.1, -0.05) is 26.0 Å². The molecule has 3 rings (SSSR count). The van der Waals surface area contributed by atoms with Crippen LogP contribution in [0.25, 0.3) is 0 Å². The summed E-state index contributed by atoms with van der Waals surface area (Å²) in [5.41, 5.74) is -0.789. The Morgan fingerprint density at radius 2 is 1.64 bits per heavy atom. The monoisotopic (exact) mass is 406 g/mol. The fourth-order valence-electron chi connectivity index (χ4n) is 5.20. The number of hydrogen-bond acceptors (Lipinski definition) is 5. The first-order chi connectivity index (χ1) is 13.4. The van der Waals surface area contributed by atoms with Gasteiger partial charge in [-0.15, -0.1) is 11.8 Å². The lowest BCUT2D eigenvalue weighted by molar-refractivity contribution is -0.180. The molecule has 28 heavy (non-hydrogen) atoms. The van der Waals surface area contributed by atoms with Gasteiger partial charge >= 0.3 is 0 Å². The summed E-state index contributed by atoms with van der Waals surface area (Å²) >= 11 is 1.71. The molecule has 0 aromatic heterocycles. The lowest BCUT2D eigenvalue weighted by Crippen LogP contribution is -2.62. The van der Waals surface area contributed by atoms with Crippen molar-refractivity contribution in [3.05, 3.63) is 29.8 Å². The van der Waals surface area contributed by atoms with Gasteiger partial charge in [0, 0.05) is 37.0 Å². The van der Waals surface area contributed by atoms with Gasteiger partial charge in [0.05, 0.1) is 11.2 Å². The van der Waals surface area contributed by atoms with E-state index in [1.165, 1.54) is 4.90 Å². The molecule has 2 heterocycles. The third kappa shape index (κ3) is 4.59. The van der Waals surface area contributed by atoms with Crippen LogP contribution in [-0.4, -0.2) is 71.1 Å². The summed E-state index contributed by atoms with van der Waals surface area (Å²) in [6.45, 7) is 10.1. The van der Waals surface area contributed by atoms with Crippen LogP contribution in [0.2, 0.25) is 0 Å². The Hall–Kier alpha value is -0.590. The molecule has 2 saturated heterocycles. The highest BCUT2D eigenvalue weighted by molar-refractivity contribution is 7.98. The second-order valence-corrected chi connectivity index (χ2v) is 9.58. The van der Waals surface area contributed by atoms with E-state index in [1.54, 1.807) is 11.8 Å². The van der Waals surface area contributed by atoms with Crippen molar-refractivity contribution >= 4 is 11.8 Å². The van der Waals surface area contributed by atoms with E-state index in [1.807, 2.05) is 6.07 Å². The molecule has 2 atom stereocenters. The second kappa shape index (κ2) is 9.48. The first-order valence-corrected chi connectivity index (χ1v) is 12.2. The average Bonchev–Trinajstić information content (AvgIpc) is 2.72. The molecule has 0 bridgehead atoms. The average molecular weight is 407 g/mol. The predicted octanol–water partition coefficient (Wildman–Crippen LogP) is 3.56. The molecule has 2 N–H and O–H groups in total. The van der Waals surface area contributed by atoms with Crippen LogP contribution in [0.3, 0.4) is 0 Å². The molecule has 4 nitrogen and oxygen atoms in total. The molecule has 0 aliphatic carbocycles. The van der Waals surface area contributed by atoms with Gasteiger partial charge in [0.25, 0.3) is 0 Å². The van der Waals surface area contributed by atoms with E-state index < -0.39 is 11.2 Å². The number of thioether (sulfide) groups is 1. The van der Waals surface area contributed by atoms with E-state index in [-0.39, 0.29) is 5.92 Å². The first kappa shape index (κ1) is 22.1. The zero-order valence-electron chi connectivity index (χ0n) is 17.9. The van der Waals surface area contributed by atoms with Crippen LogP contribution in [-0.2, 0) is 5.60 Å². The maximum absolute atomic E-state index is 12.0. The maximum Gasteiger partial charge on any atom is 0.0976 e. The Bertz CT molecular complexity index is 633. The maximum atomic E-state index is 12.0. The van der Waals surface area contributed by atoms with E-state index in [2.05, 4.69) is 48.1 Å². The summed E-state index contributed by atoms with van der Waals surface area (Å²) in [6.07, 6.45) is 6.52. The summed E-state index contributed by atoms with van der Waals surface area (Å²) in [5.74, 6) is -0.152. The van der Waals surface area contributed by atoms with E-state index in [4.69, 9.17) is 0 Å². The minimum Gasteiger partial charge on any atom is -0.389 e. The summed E-state index contributed by atoms with van der Waals surface area (Å²) in [7, 11) is 0. The topological polar surface area (TPSA) is 46.9 Å². The number of benzene rings is 1. The van der Waals surface area contributed by atoms with Crippen molar-refractivity contribution in [2.24, 2.45) is 5.92 Å². The van der Waals surface area contributed by atoms with E-state index >= 15 is 0 Å². The van der Waals surface area contributed by atoms with Gasteiger partial charge in [0.2, 0.25) is 0 Å². The van der Waals surface area contributed by atoms with E-state index in [0.717, 1.165) is 70.5 Å². The highest BCUT2D eigenvalue weighted by atomic mass is 32.2. The van der Waals surface area contributed by atoms with Gasteiger partial charge in [0.15, 0.2) is 0 Å². The number of likely N-dealkylation sites (tertiary alicyclic amines) is 2. The van der Waals surface area contributed by atoms with Crippen LogP contribution in [0.4, 0.5) is 0 Å². The van der Waals surface area contributed by atoms with E-state index in [0.29, 0.717) is 6.42 Å². The summed E-state index contributed by atoms with van der Waals surface area (Å²) in [6, 6.07) is 8.32. The Morgan fingerprint density at radius 1 is 1.00 bits per heavy atom. The molecule has 0 saturated carbocycles. The number of aliphatic hydroxyl groups is 2. The minimum atomic E-state index is -0.961. The number of nitrogens with zero attached hydrogens (tertiary/aromatic N) is 2. The Morgan fingerprint density at radius 3 is 2.29 bits per heavy atom. The number of piperidine rings is 2. The molecule has 2 unspecified atom stereocenters.